The highest BCUT2D eigenvalue weighted by Gasteiger charge is 2.15. The number of hydrogen-bond acceptors (Lipinski definition) is 8. The first-order chi connectivity index (χ1) is 16.0. The maximum Gasteiger partial charge on any atom is 0.222 e. The minimum atomic E-state index is 0.291. The van der Waals surface area contributed by atoms with Crippen LogP contribution in [0.1, 0.15) is 25.0 Å². The van der Waals surface area contributed by atoms with Gasteiger partial charge in [0, 0.05) is 94.6 Å². The molecule has 2 aromatic heterocycles. The summed E-state index contributed by atoms with van der Waals surface area (Å²) in [5, 5.41) is 4.69. The molecule has 0 saturated carbocycles. The van der Waals surface area contributed by atoms with Gasteiger partial charge in [-0.05, 0) is 41.9 Å². The molecule has 2 fully saturated rings. The summed E-state index contributed by atoms with van der Waals surface area (Å²) in [5.74, 6) is 0. The van der Waals surface area contributed by atoms with Gasteiger partial charge < -0.3 is 15.1 Å². The fourth-order valence-corrected chi connectivity index (χ4v) is 3.86. The monoisotopic (exact) mass is 560 g/mol. The van der Waals surface area contributed by atoms with Gasteiger partial charge in [-0.15, -0.1) is 0 Å². The van der Waals surface area contributed by atoms with Crippen LogP contribution in [0.5, 0.6) is 0 Å². The number of nitrogens with one attached hydrogen (secondary N) is 1. The van der Waals surface area contributed by atoms with E-state index >= 15 is 0 Å². The second-order valence-electron chi connectivity index (χ2n) is 7.75. The lowest BCUT2D eigenvalue weighted by molar-refractivity contribution is 0.131. The second kappa shape index (κ2) is 16.6. The first-order valence-corrected chi connectivity index (χ1v) is 13.3. The summed E-state index contributed by atoms with van der Waals surface area (Å²) in [6.45, 7) is 17.1. The zero-order valence-corrected chi connectivity index (χ0v) is 22.7. The lowest BCUT2D eigenvalue weighted by Gasteiger charge is -2.33. The smallest absolute Gasteiger partial charge is 0.222 e. The van der Waals surface area contributed by atoms with E-state index in [-0.39, 0.29) is 0 Å². The minimum absolute atomic E-state index is 0.291. The maximum absolute atomic E-state index is 5.65. The number of nitrogens with zero attached hydrogens (tertiary/aromatic N) is 7. The molecule has 0 aliphatic carbocycles. The van der Waals surface area contributed by atoms with Crippen LogP contribution in [-0.4, -0.2) is 100 Å². The largest absolute Gasteiger partial charge is 0.314 e. The summed E-state index contributed by atoms with van der Waals surface area (Å²) >= 11 is 14.3. The molecule has 8 nitrogen and oxygen atoms in total. The highest BCUT2D eigenvalue weighted by atomic mass is 79.9. The Bertz CT molecular complexity index is 752. The van der Waals surface area contributed by atoms with Crippen molar-refractivity contribution in [2.45, 2.75) is 25.7 Å². The molecular formula is C22H35BrCl2N8. The Balaban J connectivity index is 0.000000192. The fourth-order valence-electron chi connectivity index (χ4n) is 3.38. The molecule has 184 valence electrons. The van der Waals surface area contributed by atoms with E-state index in [0.717, 1.165) is 55.7 Å². The first kappa shape index (κ1) is 28.3. The lowest BCUT2D eigenvalue weighted by Crippen LogP contribution is -2.45. The van der Waals surface area contributed by atoms with Gasteiger partial charge in [0.05, 0.1) is 0 Å². The summed E-state index contributed by atoms with van der Waals surface area (Å²) in [7, 11) is 0. The highest BCUT2D eigenvalue weighted by Crippen LogP contribution is 2.08. The molecule has 1 N–H and O–H groups in total. The summed E-state index contributed by atoms with van der Waals surface area (Å²) in [6, 6.07) is 0. The van der Waals surface area contributed by atoms with Crippen LogP contribution >= 0.6 is 39.1 Å². The van der Waals surface area contributed by atoms with Gasteiger partial charge in [-0.25, -0.2) is 19.9 Å². The molecule has 2 aliphatic heterocycles. The molecule has 4 heterocycles. The predicted octanol–water partition coefficient (Wildman–Crippen LogP) is 3.20. The van der Waals surface area contributed by atoms with Gasteiger partial charge in [-0.3, -0.25) is 4.90 Å². The van der Waals surface area contributed by atoms with Gasteiger partial charge in [0.2, 0.25) is 10.6 Å². The molecule has 0 bridgehead atoms. The Morgan fingerprint density at radius 3 is 1.58 bits per heavy atom. The number of hydrogen-bond donors (Lipinski definition) is 1. The lowest BCUT2D eigenvalue weighted by atomic mass is 10.2. The van der Waals surface area contributed by atoms with Crippen LogP contribution in [0.2, 0.25) is 10.6 Å². The van der Waals surface area contributed by atoms with Gasteiger partial charge in [0.1, 0.15) is 0 Å². The number of piperazine rings is 2. The SMILES string of the molecule is CCN1CCN(Cc2cnc(Cl)nc2)CC1.CCN1CCNCC1.Clc1ncc(CBr)cn1. The third kappa shape index (κ3) is 11.8. The Kier molecular flexibility index (Phi) is 14.3. The van der Waals surface area contributed by atoms with Crippen molar-refractivity contribution in [2.24, 2.45) is 0 Å². The molecule has 2 saturated heterocycles. The van der Waals surface area contributed by atoms with Crippen molar-refractivity contribution in [3.05, 3.63) is 46.5 Å². The Morgan fingerprint density at radius 2 is 1.15 bits per heavy atom. The third-order valence-corrected chi connectivity index (χ3v) is 6.51. The van der Waals surface area contributed by atoms with Crippen LogP contribution in [0.4, 0.5) is 0 Å². The fraction of sp³-hybridized carbons (Fsp3) is 0.636. The first-order valence-electron chi connectivity index (χ1n) is 11.4. The number of likely N-dealkylation sites (N-methyl/N-ethyl adjacent to an activating group) is 2. The van der Waals surface area contributed by atoms with E-state index < -0.39 is 0 Å². The van der Waals surface area contributed by atoms with E-state index in [1.54, 1.807) is 12.4 Å². The normalized spacial score (nSPS) is 17.5. The average molecular weight is 562 g/mol. The van der Waals surface area contributed by atoms with E-state index in [4.69, 9.17) is 23.2 Å². The zero-order valence-electron chi connectivity index (χ0n) is 19.6. The van der Waals surface area contributed by atoms with Crippen LogP contribution in [-0.2, 0) is 11.9 Å². The Morgan fingerprint density at radius 1 is 0.727 bits per heavy atom. The van der Waals surface area contributed by atoms with Crippen molar-refractivity contribution >= 4 is 39.1 Å². The average Bonchev–Trinajstić information content (AvgIpc) is 2.88. The minimum Gasteiger partial charge on any atom is -0.314 e. The number of rotatable bonds is 5. The van der Waals surface area contributed by atoms with Gasteiger partial charge >= 0.3 is 0 Å². The van der Waals surface area contributed by atoms with Crippen molar-refractivity contribution < 1.29 is 0 Å². The second-order valence-corrected chi connectivity index (χ2v) is 8.99. The molecule has 0 aromatic carbocycles. The third-order valence-electron chi connectivity index (χ3n) is 5.48. The molecule has 0 unspecified atom stereocenters. The van der Waals surface area contributed by atoms with Crippen molar-refractivity contribution in [2.75, 3.05) is 65.4 Å². The van der Waals surface area contributed by atoms with E-state index in [9.17, 15) is 0 Å². The molecule has 11 heteroatoms. The molecule has 33 heavy (non-hydrogen) atoms. The molecular weight excluding hydrogens is 527 g/mol. The van der Waals surface area contributed by atoms with Crippen LogP contribution in [0.3, 0.4) is 0 Å². The Hall–Kier alpha value is -0.940. The molecule has 0 amide bonds. The number of aromatic nitrogens is 4. The Labute approximate surface area is 216 Å². The summed E-state index contributed by atoms with van der Waals surface area (Å²) in [4.78, 5) is 22.9. The summed E-state index contributed by atoms with van der Waals surface area (Å²) in [6.07, 6.45) is 6.98. The standard InChI is InChI=1S/C11H17ClN4.C6H14N2.C5H4BrClN2/c1-2-15-3-5-16(6-4-15)9-10-7-13-11(12)14-8-10;1-2-8-5-3-7-4-6-8;6-1-4-2-8-5(7)9-3-4/h7-8H,2-6,9H2,1H3;7H,2-6H2,1H3;2-3H,1H2. The topological polar surface area (TPSA) is 73.3 Å². The maximum atomic E-state index is 5.65. The van der Waals surface area contributed by atoms with E-state index in [1.165, 1.54) is 32.7 Å². The predicted molar refractivity (Wildman–Crippen MR) is 139 cm³/mol. The van der Waals surface area contributed by atoms with Crippen LogP contribution < -0.4 is 5.32 Å². The molecule has 0 radical (unpaired) electrons. The van der Waals surface area contributed by atoms with E-state index in [1.807, 2.05) is 12.4 Å². The molecule has 4 rings (SSSR count). The molecule has 2 aliphatic rings. The van der Waals surface area contributed by atoms with Gasteiger partial charge in [0.25, 0.3) is 0 Å². The van der Waals surface area contributed by atoms with Crippen molar-refractivity contribution in [1.29, 1.82) is 0 Å². The summed E-state index contributed by atoms with van der Waals surface area (Å²) < 4.78 is 0. The quantitative estimate of drug-likeness (QED) is 0.441. The molecule has 0 atom stereocenters. The number of halogens is 3. The van der Waals surface area contributed by atoms with Gasteiger partial charge in [0.15, 0.2) is 0 Å². The van der Waals surface area contributed by atoms with Crippen molar-refractivity contribution in [1.82, 2.24) is 40.0 Å². The van der Waals surface area contributed by atoms with Crippen LogP contribution in [0.25, 0.3) is 0 Å². The zero-order chi connectivity index (χ0) is 23.9. The van der Waals surface area contributed by atoms with Crippen LogP contribution in [0.15, 0.2) is 24.8 Å². The van der Waals surface area contributed by atoms with E-state index in [0.29, 0.717) is 10.6 Å². The molecule has 0 spiro atoms. The number of alkyl halides is 1. The summed E-state index contributed by atoms with van der Waals surface area (Å²) in [5.41, 5.74) is 2.16. The van der Waals surface area contributed by atoms with E-state index in [2.05, 4.69) is 69.7 Å². The van der Waals surface area contributed by atoms with Crippen molar-refractivity contribution in [3.8, 4) is 0 Å². The molecule has 2 aromatic rings. The highest BCUT2D eigenvalue weighted by molar-refractivity contribution is 9.08. The van der Waals surface area contributed by atoms with Crippen LogP contribution in [0, 0.1) is 0 Å². The van der Waals surface area contributed by atoms with Gasteiger partial charge in [-0.1, -0.05) is 29.8 Å². The van der Waals surface area contributed by atoms with Gasteiger partial charge in [-0.2, -0.15) is 0 Å². The van der Waals surface area contributed by atoms with Crippen molar-refractivity contribution in [3.63, 3.8) is 0 Å².